The molecule has 0 unspecified atom stereocenters. The highest BCUT2D eigenvalue weighted by Crippen LogP contribution is 2.32. The molecule has 1 N–H and O–H groups in total. The van der Waals surface area contributed by atoms with Crippen molar-refractivity contribution in [3.63, 3.8) is 0 Å². The molecule has 0 aliphatic heterocycles. The van der Waals surface area contributed by atoms with Crippen molar-refractivity contribution in [3.05, 3.63) is 16.4 Å². The first-order valence-corrected chi connectivity index (χ1v) is 5.81. The molecule has 4 heteroatoms. The van der Waals surface area contributed by atoms with Crippen molar-refractivity contribution in [2.45, 2.75) is 51.7 Å². The zero-order valence-corrected chi connectivity index (χ0v) is 10.0. The van der Waals surface area contributed by atoms with Gasteiger partial charge in [-0.25, -0.2) is 0 Å². The second-order valence-corrected chi connectivity index (χ2v) is 4.95. The normalized spacial score (nSPS) is 19.7. The second kappa shape index (κ2) is 3.80. The average Bonchev–Trinajstić information content (AvgIpc) is 2.69. The van der Waals surface area contributed by atoms with Crippen molar-refractivity contribution in [1.82, 2.24) is 9.78 Å². The molecule has 0 aromatic carbocycles. The first-order chi connectivity index (χ1) is 7.02. The van der Waals surface area contributed by atoms with Crippen LogP contribution in [0, 0.1) is 13.8 Å². The van der Waals surface area contributed by atoms with Crippen LogP contribution in [0.2, 0.25) is 5.02 Å². The Labute approximate surface area is 95.0 Å². The predicted molar refractivity (Wildman–Crippen MR) is 60.1 cm³/mol. The minimum atomic E-state index is -0.563. The molecule has 15 heavy (non-hydrogen) atoms. The van der Waals surface area contributed by atoms with Gasteiger partial charge < -0.3 is 5.11 Å². The van der Waals surface area contributed by atoms with Gasteiger partial charge in [-0.1, -0.05) is 24.4 Å². The molecule has 0 spiro atoms. The maximum absolute atomic E-state index is 10.3. The Hall–Kier alpha value is -0.540. The van der Waals surface area contributed by atoms with E-state index in [1.165, 1.54) is 0 Å². The van der Waals surface area contributed by atoms with Crippen LogP contribution in [0.1, 0.15) is 37.1 Å². The van der Waals surface area contributed by atoms with Crippen LogP contribution in [0.25, 0.3) is 0 Å². The van der Waals surface area contributed by atoms with E-state index in [-0.39, 0.29) is 0 Å². The van der Waals surface area contributed by atoms with Gasteiger partial charge in [-0.3, -0.25) is 4.68 Å². The van der Waals surface area contributed by atoms with Gasteiger partial charge in [-0.15, -0.1) is 0 Å². The summed E-state index contributed by atoms with van der Waals surface area (Å²) in [6, 6.07) is 0. The van der Waals surface area contributed by atoms with Crippen LogP contribution in [0.15, 0.2) is 0 Å². The number of aryl methyl sites for hydroxylation is 1. The Morgan fingerprint density at radius 3 is 2.47 bits per heavy atom. The van der Waals surface area contributed by atoms with Gasteiger partial charge in [-0.05, 0) is 26.7 Å². The summed E-state index contributed by atoms with van der Waals surface area (Å²) in [5.41, 5.74) is 1.23. The number of halogens is 1. The molecular formula is C11H17ClN2O. The summed E-state index contributed by atoms with van der Waals surface area (Å²) in [5, 5.41) is 15.3. The lowest BCUT2D eigenvalue weighted by Crippen LogP contribution is -2.31. The number of aliphatic hydroxyl groups is 1. The monoisotopic (exact) mass is 228 g/mol. The van der Waals surface area contributed by atoms with Crippen molar-refractivity contribution in [1.29, 1.82) is 0 Å². The number of nitrogens with zero attached hydrogens (tertiary/aromatic N) is 2. The maximum Gasteiger partial charge on any atom is 0.0844 e. The lowest BCUT2D eigenvalue weighted by molar-refractivity contribution is 0.0259. The standard InChI is InChI=1S/C11H17ClN2O/c1-8-10(12)9(2)14(13-8)7-11(15)5-3-4-6-11/h15H,3-7H2,1-2H3. The molecular weight excluding hydrogens is 212 g/mol. The van der Waals surface area contributed by atoms with E-state index in [0.717, 1.165) is 42.1 Å². The number of aromatic nitrogens is 2. The fraction of sp³-hybridized carbons (Fsp3) is 0.727. The summed E-state index contributed by atoms with van der Waals surface area (Å²) < 4.78 is 1.84. The summed E-state index contributed by atoms with van der Waals surface area (Å²) in [6.07, 6.45) is 3.99. The van der Waals surface area contributed by atoms with Crippen molar-refractivity contribution in [3.8, 4) is 0 Å². The fourth-order valence-corrected chi connectivity index (χ4v) is 2.43. The van der Waals surface area contributed by atoms with Crippen molar-refractivity contribution >= 4 is 11.6 Å². The SMILES string of the molecule is Cc1nn(CC2(O)CCCC2)c(C)c1Cl. The van der Waals surface area contributed by atoms with E-state index in [1.807, 2.05) is 18.5 Å². The van der Waals surface area contributed by atoms with Crippen molar-refractivity contribution in [2.24, 2.45) is 0 Å². The molecule has 1 aliphatic carbocycles. The van der Waals surface area contributed by atoms with E-state index >= 15 is 0 Å². The quantitative estimate of drug-likeness (QED) is 0.845. The summed E-state index contributed by atoms with van der Waals surface area (Å²) in [6.45, 7) is 4.41. The molecule has 1 aromatic heterocycles. The van der Waals surface area contributed by atoms with Crippen LogP contribution in [0.4, 0.5) is 0 Å². The molecule has 84 valence electrons. The third kappa shape index (κ3) is 2.04. The number of hydrogen-bond acceptors (Lipinski definition) is 2. The maximum atomic E-state index is 10.3. The number of rotatable bonds is 2. The molecule has 1 saturated carbocycles. The minimum absolute atomic E-state index is 0.563. The molecule has 1 heterocycles. The molecule has 2 rings (SSSR count). The lowest BCUT2D eigenvalue weighted by Gasteiger charge is -2.22. The summed E-state index contributed by atoms with van der Waals surface area (Å²) in [4.78, 5) is 0. The summed E-state index contributed by atoms with van der Waals surface area (Å²) in [5.74, 6) is 0. The Kier molecular flexibility index (Phi) is 2.77. The molecule has 1 aliphatic rings. The van der Waals surface area contributed by atoms with E-state index < -0.39 is 5.60 Å². The highest BCUT2D eigenvalue weighted by atomic mass is 35.5. The highest BCUT2D eigenvalue weighted by molar-refractivity contribution is 6.31. The van der Waals surface area contributed by atoms with Gasteiger partial charge in [0.05, 0.1) is 28.6 Å². The zero-order chi connectivity index (χ0) is 11.1. The summed E-state index contributed by atoms with van der Waals surface area (Å²) in [7, 11) is 0. The molecule has 3 nitrogen and oxygen atoms in total. The molecule has 0 amide bonds. The van der Waals surface area contributed by atoms with Gasteiger partial charge in [0.1, 0.15) is 0 Å². The van der Waals surface area contributed by atoms with Crippen molar-refractivity contribution in [2.75, 3.05) is 0 Å². The van der Waals surface area contributed by atoms with Gasteiger partial charge in [0.25, 0.3) is 0 Å². The van der Waals surface area contributed by atoms with Crippen LogP contribution in [-0.2, 0) is 6.54 Å². The van der Waals surface area contributed by atoms with Crippen LogP contribution >= 0.6 is 11.6 Å². The first-order valence-electron chi connectivity index (χ1n) is 5.44. The number of hydrogen-bond donors (Lipinski definition) is 1. The van der Waals surface area contributed by atoms with Gasteiger partial charge >= 0.3 is 0 Å². The topological polar surface area (TPSA) is 38.0 Å². The van der Waals surface area contributed by atoms with Crippen LogP contribution in [0.3, 0.4) is 0 Å². The smallest absolute Gasteiger partial charge is 0.0844 e. The van der Waals surface area contributed by atoms with Crippen LogP contribution in [-0.4, -0.2) is 20.5 Å². The van der Waals surface area contributed by atoms with Gasteiger partial charge in [0.2, 0.25) is 0 Å². The Morgan fingerprint density at radius 1 is 1.40 bits per heavy atom. The summed E-state index contributed by atoms with van der Waals surface area (Å²) >= 11 is 6.06. The van der Waals surface area contributed by atoms with Crippen LogP contribution in [0.5, 0.6) is 0 Å². The third-order valence-electron chi connectivity index (χ3n) is 3.27. The van der Waals surface area contributed by atoms with Crippen molar-refractivity contribution < 1.29 is 5.11 Å². The van der Waals surface area contributed by atoms with E-state index in [2.05, 4.69) is 5.10 Å². The highest BCUT2D eigenvalue weighted by Gasteiger charge is 2.32. The zero-order valence-electron chi connectivity index (χ0n) is 9.26. The Bertz CT molecular complexity index is 367. The van der Waals surface area contributed by atoms with E-state index in [9.17, 15) is 5.11 Å². The van der Waals surface area contributed by atoms with Crippen LogP contribution < -0.4 is 0 Å². The molecule has 1 aromatic rings. The average molecular weight is 229 g/mol. The Morgan fingerprint density at radius 2 is 2.00 bits per heavy atom. The fourth-order valence-electron chi connectivity index (χ4n) is 2.30. The Balaban J connectivity index is 2.20. The molecule has 0 saturated heterocycles. The van der Waals surface area contributed by atoms with Gasteiger partial charge in [-0.2, -0.15) is 5.10 Å². The van der Waals surface area contributed by atoms with E-state index in [4.69, 9.17) is 11.6 Å². The molecule has 0 atom stereocenters. The molecule has 1 fully saturated rings. The molecule has 0 radical (unpaired) electrons. The van der Waals surface area contributed by atoms with Gasteiger partial charge in [0, 0.05) is 0 Å². The second-order valence-electron chi connectivity index (χ2n) is 4.57. The lowest BCUT2D eigenvalue weighted by atomic mass is 10.0. The first kappa shape index (κ1) is 11.0. The largest absolute Gasteiger partial charge is 0.388 e. The van der Waals surface area contributed by atoms with E-state index in [1.54, 1.807) is 0 Å². The predicted octanol–water partition coefficient (Wildman–Crippen LogP) is 2.46. The third-order valence-corrected chi connectivity index (χ3v) is 3.82. The van der Waals surface area contributed by atoms with Gasteiger partial charge in [0.15, 0.2) is 0 Å². The minimum Gasteiger partial charge on any atom is -0.388 e. The van der Waals surface area contributed by atoms with E-state index in [0.29, 0.717) is 6.54 Å². The molecule has 0 bridgehead atoms.